The zero-order valence-electron chi connectivity index (χ0n) is 14.4. The van der Waals surface area contributed by atoms with Crippen molar-refractivity contribution < 1.29 is 13.2 Å². The zero-order chi connectivity index (χ0) is 19.5. The number of nitrogens with zero attached hydrogens (tertiary/aromatic N) is 5. The van der Waals surface area contributed by atoms with Crippen molar-refractivity contribution in [1.29, 1.82) is 0 Å². The minimum atomic E-state index is -2.83. The lowest BCUT2D eigenvalue weighted by molar-refractivity contribution is 0.116. The quantitative estimate of drug-likeness (QED) is 0.527. The van der Waals surface area contributed by atoms with Gasteiger partial charge >= 0.3 is 6.43 Å². The lowest BCUT2D eigenvalue weighted by Crippen LogP contribution is -2.20. The first-order chi connectivity index (χ1) is 13.6. The second kappa shape index (κ2) is 7.47. The first-order valence-electron chi connectivity index (χ1n) is 8.29. The van der Waals surface area contributed by atoms with Gasteiger partial charge in [0.05, 0.1) is 29.8 Å². The van der Waals surface area contributed by atoms with E-state index in [0.717, 1.165) is 5.56 Å². The molecule has 0 amide bonds. The fourth-order valence-electron chi connectivity index (χ4n) is 2.57. The highest BCUT2D eigenvalue weighted by atomic mass is 19.3. The van der Waals surface area contributed by atoms with Gasteiger partial charge in [0.15, 0.2) is 0 Å². The van der Waals surface area contributed by atoms with Crippen molar-refractivity contribution in [2.24, 2.45) is 0 Å². The molecule has 0 radical (unpaired) electrons. The molecule has 0 aliphatic rings. The Morgan fingerprint density at radius 3 is 2.46 bits per heavy atom. The third-order valence-corrected chi connectivity index (χ3v) is 3.98. The maximum Gasteiger partial charge on any atom is 0.314 e. The molecule has 4 rings (SSSR count). The smallest absolute Gasteiger partial charge is 0.314 e. The zero-order valence-corrected chi connectivity index (χ0v) is 14.4. The Bertz CT molecular complexity index is 1140. The molecule has 0 atom stereocenters. The maximum absolute atomic E-state index is 12.5. The van der Waals surface area contributed by atoms with Gasteiger partial charge < -0.3 is 4.42 Å². The summed E-state index contributed by atoms with van der Waals surface area (Å²) in [5, 5.41) is 6.85. The highest BCUT2D eigenvalue weighted by Gasteiger charge is 2.17. The molecule has 7 nitrogen and oxygen atoms in total. The summed E-state index contributed by atoms with van der Waals surface area (Å²) in [5.74, 6) is -0.782. The summed E-state index contributed by atoms with van der Waals surface area (Å²) >= 11 is 0. The molecular weight excluding hydrogens is 368 g/mol. The second-order valence-corrected chi connectivity index (χ2v) is 5.89. The van der Waals surface area contributed by atoms with Crippen molar-refractivity contribution in [3.8, 4) is 22.7 Å². The van der Waals surface area contributed by atoms with E-state index in [0.29, 0.717) is 17.0 Å². The van der Waals surface area contributed by atoms with E-state index in [1.54, 1.807) is 12.1 Å². The molecule has 0 aliphatic carbocycles. The molecule has 3 aromatic heterocycles. The summed E-state index contributed by atoms with van der Waals surface area (Å²) in [6.45, 7) is 0.216. The van der Waals surface area contributed by atoms with Crippen LogP contribution in [-0.2, 0) is 6.54 Å². The maximum atomic E-state index is 12.5. The number of rotatable bonds is 5. The van der Waals surface area contributed by atoms with E-state index in [1.807, 2.05) is 30.3 Å². The van der Waals surface area contributed by atoms with Gasteiger partial charge in [-0.1, -0.05) is 30.3 Å². The van der Waals surface area contributed by atoms with E-state index in [9.17, 15) is 13.6 Å². The van der Waals surface area contributed by atoms with E-state index in [-0.39, 0.29) is 18.0 Å². The van der Waals surface area contributed by atoms with Gasteiger partial charge in [-0.15, -0.1) is 10.2 Å². The number of hydrogen-bond donors (Lipinski definition) is 0. The number of alkyl halides is 2. The highest BCUT2D eigenvalue weighted by molar-refractivity contribution is 5.57. The van der Waals surface area contributed by atoms with Crippen LogP contribution in [0.15, 0.2) is 70.3 Å². The largest absolute Gasteiger partial charge is 0.415 e. The predicted octanol–water partition coefficient (Wildman–Crippen LogP) is 3.34. The van der Waals surface area contributed by atoms with Crippen LogP contribution in [0.3, 0.4) is 0 Å². The Balaban J connectivity index is 1.52. The molecule has 0 fully saturated rings. The second-order valence-electron chi connectivity index (χ2n) is 5.89. The van der Waals surface area contributed by atoms with Gasteiger partial charge in [-0.2, -0.15) is 8.78 Å². The monoisotopic (exact) mass is 381 g/mol. The van der Waals surface area contributed by atoms with Crippen LogP contribution in [-0.4, -0.2) is 24.7 Å². The van der Waals surface area contributed by atoms with Crippen LogP contribution in [0.4, 0.5) is 8.78 Å². The fourth-order valence-corrected chi connectivity index (χ4v) is 2.57. The van der Waals surface area contributed by atoms with Gasteiger partial charge in [0.1, 0.15) is 0 Å². The molecule has 3 heterocycles. The molecule has 1 aromatic carbocycles. The van der Waals surface area contributed by atoms with E-state index < -0.39 is 12.3 Å². The van der Waals surface area contributed by atoms with Gasteiger partial charge in [-0.3, -0.25) is 14.3 Å². The number of halogens is 2. The van der Waals surface area contributed by atoms with Crippen molar-refractivity contribution in [2.75, 3.05) is 0 Å². The molecule has 0 saturated heterocycles. The van der Waals surface area contributed by atoms with Gasteiger partial charge in [0, 0.05) is 17.8 Å². The predicted molar refractivity (Wildman–Crippen MR) is 95.5 cm³/mol. The van der Waals surface area contributed by atoms with Crippen LogP contribution in [0, 0.1) is 0 Å². The number of benzene rings is 1. The minimum absolute atomic E-state index is 0.0413. The molecule has 0 aliphatic heterocycles. The summed E-state index contributed by atoms with van der Waals surface area (Å²) < 4.78 is 31.4. The molecular formula is C19H13F2N5O2. The SMILES string of the molecule is O=c1cc(-c2ccccc2)ncn1Cc1ccc(-c2nnc(C(F)F)o2)cn1. The van der Waals surface area contributed by atoms with Crippen molar-refractivity contribution in [3.05, 3.63) is 83.0 Å². The van der Waals surface area contributed by atoms with Crippen LogP contribution in [0.25, 0.3) is 22.7 Å². The van der Waals surface area contributed by atoms with Gasteiger partial charge in [-0.05, 0) is 12.1 Å². The Labute approximate surface area is 157 Å². The molecule has 28 heavy (non-hydrogen) atoms. The molecule has 0 bridgehead atoms. The van der Waals surface area contributed by atoms with Crippen LogP contribution < -0.4 is 5.56 Å². The standard InChI is InChI=1S/C19H13F2N5O2/c20-17(21)19-25-24-18(28-19)13-6-7-14(22-9-13)10-26-11-23-15(8-16(26)27)12-4-2-1-3-5-12/h1-9,11,17H,10H2. The molecule has 9 heteroatoms. The van der Waals surface area contributed by atoms with Crippen molar-refractivity contribution >= 4 is 0 Å². The Morgan fingerprint density at radius 2 is 1.82 bits per heavy atom. The first-order valence-corrected chi connectivity index (χ1v) is 8.29. The first kappa shape index (κ1) is 17.7. The number of pyridine rings is 1. The molecule has 140 valence electrons. The molecule has 0 saturated carbocycles. The van der Waals surface area contributed by atoms with Crippen molar-refractivity contribution in [1.82, 2.24) is 24.7 Å². The van der Waals surface area contributed by atoms with E-state index in [2.05, 4.69) is 20.2 Å². The summed E-state index contributed by atoms with van der Waals surface area (Å²) in [7, 11) is 0. The number of hydrogen-bond acceptors (Lipinski definition) is 6. The summed E-state index contributed by atoms with van der Waals surface area (Å²) in [5.41, 5.74) is 2.24. The van der Waals surface area contributed by atoms with E-state index in [4.69, 9.17) is 4.42 Å². The summed E-state index contributed by atoms with van der Waals surface area (Å²) in [4.78, 5) is 20.9. The van der Waals surface area contributed by atoms with Crippen LogP contribution >= 0.6 is 0 Å². The minimum Gasteiger partial charge on any atom is -0.415 e. The lowest BCUT2D eigenvalue weighted by atomic mass is 10.1. The normalized spacial score (nSPS) is 11.1. The van der Waals surface area contributed by atoms with Crippen LogP contribution in [0.2, 0.25) is 0 Å². The summed E-state index contributed by atoms with van der Waals surface area (Å²) in [6, 6.07) is 14.1. The Kier molecular flexibility index (Phi) is 4.71. The van der Waals surface area contributed by atoms with Gasteiger partial charge in [0.25, 0.3) is 11.4 Å². The molecule has 4 aromatic rings. The average Bonchev–Trinajstić information content (AvgIpc) is 3.21. The van der Waals surface area contributed by atoms with Crippen molar-refractivity contribution in [3.63, 3.8) is 0 Å². The fraction of sp³-hybridized carbons (Fsp3) is 0.105. The Hall–Kier alpha value is -3.75. The number of aromatic nitrogens is 5. The highest BCUT2D eigenvalue weighted by Crippen LogP contribution is 2.22. The summed E-state index contributed by atoms with van der Waals surface area (Å²) in [6.07, 6.45) is 0.0638. The van der Waals surface area contributed by atoms with Crippen LogP contribution in [0.5, 0.6) is 0 Å². The third kappa shape index (κ3) is 3.68. The Morgan fingerprint density at radius 1 is 1.00 bits per heavy atom. The lowest BCUT2D eigenvalue weighted by Gasteiger charge is -2.06. The van der Waals surface area contributed by atoms with Gasteiger partial charge in [-0.25, -0.2) is 4.98 Å². The van der Waals surface area contributed by atoms with Gasteiger partial charge in [0.2, 0.25) is 5.89 Å². The van der Waals surface area contributed by atoms with Crippen molar-refractivity contribution in [2.45, 2.75) is 13.0 Å². The molecule has 0 N–H and O–H groups in total. The van der Waals surface area contributed by atoms with E-state index in [1.165, 1.54) is 23.2 Å². The molecule has 0 unspecified atom stereocenters. The van der Waals surface area contributed by atoms with Crippen LogP contribution in [0.1, 0.15) is 18.0 Å². The van der Waals surface area contributed by atoms with E-state index >= 15 is 0 Å². The topological polar surface area (TPSA) is 86.7 Å². The average molecular weight is 381 g/mol. The third-order valence-electron chi connectivity index (χ3n) is 3.98. The molecule has 0 spiro atoms.